The third-order valence-corrected chi connectivity index (χ3v) is 19.0. The molecule has 9 aromatic rings. The van der Waals surface area contributed by atoms with Crippen molar-refractivity contribution in [1.82, 2.24) is 4.57 Å². The van der Waals surface area contributed by atoms with Crippen molar-refractivity contribution in [2.75, 3.05) is 4.90 Å². The quantitative estimate of drug-likeness (QED) is 0.116. The van der Waals surface area contributed by atoms with Crippen LogP contribution >= 0.6 is 0 Å². The normalized spacial score (nSPS) is 18.8. The van der Waals surface area contributed by atoms with E-state index in [4.69, 9.17) is 0 Å². The van der Waals surface area contributed by atoms with E-state index in [1.807, 2.05) is 0 Å². The fourth-order valence-electron chi connectivity index (χ4n) is 11.3. The van der Waals surface area contributed by atoms with Crippen molar-refractivity contribution in [3.8, 4) is 16.8 Å². The third kappa shape index (κ3) is 5.31. The number of anilines is 2. The van der Waals surface area contributed by atoms with Gasteiger partial charge in [0.2, 0.25) is 0 Å². The predicted molar refractivity (Wildman–Crippen MR) is 253 cm³/mol. The van der Waals surface area contributed by atoms with Gasteiger partial charge < -0.3 is 9.47 Å². The zero-order valence-electron chi connectivity index (χ0n) is 33.9. The van der Waals surface area contributed by atoms with Crippen LogP contribution in [0.3, 0.4) is 0 Å². The zero-order chi connectivity index (χ0) is 39.6. The summed E-state index contributed by atoms with van der Waals surface area (Å²) < 4.78 is 2.51. The molecule has 2 heterocycles. The van der Waals surface area contributed by atoms with Crippen LogP contribution in [-0.4, -0.2) is 18.2 Å². The molecule has 2 aliphatic rings. The molecule has 0 amide bonds. The summed E-state index contributed by atoms with van der Waals surface area (Å²) in [7, 11) is -2.86. The Balaban J connectivity index is 1.13. The van der Waals surface area contributed by atoms with E-state index in [0.717, 1.165) is 0 Å². The van der Waals surface area contributed by atoms with Crippen LogP contribution in [0.2, 0.25) is 0 Å². The molecular weight excluding hydrogens is 729 g/mol. The molecule has 1 aliphatic carbocycles. The SMILES string of the molecule is CC12CCCCC1(C)N(c1ccc3c(c1)c1ccccc1n3-c1cccc([Si](c3ccccc3)(c3ccccc3)c3cccc(-c4ccccc4)c3)c1)c1ccccc12. The number of nitrogens with zero attached hydrogens (tertiary/aromatic N) is 2. The first-order valence-electron chi connectivity index (χ1n) is 21.3. The highest BCUT2D eigenvalue weighted by Crippen LogP contribution is 2.60. The van der Waals surface area contributed by atoms with Crippen molar-refractivity contribution in [2.24, 2.45) is 0 Å². The first-order chi connectivity index (χ1) is 29.0. The minimum Gasteiger partial charge on any atom is -0.334 e. The van der Waals surface area contributed by atoms with E-state index in [9.17, 15) is 0 Å². The number of rotatable bonds is 7. The largest absolute Gasteiger partial charge is 0.334 e. The summed E-state index contributed by atoms with van der Waals surface area (Å²) in [5, 5.41) is 8.04. The molecule has 1 aromatic heterocycles. The second-order valence-electron chi connectivity index (χ2n) is 17.2. The van der Waals surface area contributed by atoms with Gasteiger partial charge >= 0.3 is 0 Å². The van der Waals surface area contributed by atoms with Gasteiger partial charge in [0.05, 0.1) is 16.6 Å². The van der Waals surface area contributed by atoms with E-state index in [0.29, 0.717) is 0 Å². The van der Waals surface area contributed by atoms with Gasteiger partial charge in [0.15, 0.2) is 8.07 Å². The van der Waals surface area contributed by atoms with Crippen LogP contribution in [0.15, 0.2) is 206 Å². The molecule has 0 bridgehead atoms. The van der Waals surface area contributed by atoms with Gasteiger partial charge in [-0.05, 0) is 99.7 Å². The van der Waals surface area contributed by atoms with E-state index in [2.05, 4.69) is 230 Å². The Kier molecular flexibility index (Phi) is 8.39. The average molecular weight is 777 g/mol. The van der Waals surface area contributed by atoms with Crippen molar-refractivity contribution in [2.45, 2.75) is 50.5 Å². The lowest BCUT2D eigenvalue weighted by Gasteiger charge is -2.50. The molecule has 2 nitrogen and oxygen atoms in total. The lowest BCUT2D eigenvalue weighted by Crippen LogP contribution is -2.74. The number of aromatic nitrogens is 1. The van der Waals surface area contributed by atoms with Crippen molar-refractivity contribution in [1.29, 1.82) is 0 Å². The summed E-state index contributed by atoms with van der Waals surface area (Å²) >= 11 is 0. The Morgan fingerprint density at radius 3 is 1.76 bits per heavy atom. The van der Waals surface area contributed by atoms with Gasteiger partial charge in [-0.1, -0.05) is 184 Å². The number of fused-ring (bicyclic) bond motifs is 6. The van der Waals surface area contributed by atoms with Crippen LogP contribution in [0.25, 0.3) is 38.6 Å². The fourth-order valence-corrected chi connectivity index (χ4v) is 16.1. The Labute approximate surface area is 349 Å². The number of benzene rings is 8. The van der Waals surface area contributed by atoms with E-state index in [-0.39, 0.29) is 11.0 Å². The summed E-state index contributed by atoms with van der Waals surface area (Å²) in [5.41, 5.74) is 10.4. The second kappa shape index (κ2) is 13.9. The van der Waals surface area contributed by atoms with E-state index >= 15 is 0 Å². The second-order valence-corrected chi connectivity index (χ2v) is 21.0. The molecule has 1 fully saturated rings. The summed E-state index contributed by atoms with van der Waals surface area (Å²) in [6.07, 6.45) is 4.97. The van der Waals surface area contributed by atoms with Gasteiger partial charge in [-0.25, -0.2) is 0 Å². The van der Waals surface area contributed by atoms with Crippen LogP contribution in [-0.2, 0) is 5.41 Å². The monoisotopic (exact) mass is 776 g/mol. The maximum absolute atomic E-state index is 2.86. The Morgan fingerprint density at radius 1 is 0.424 bits per heavy atom. The van der Waals surface area contributed by atoms with Crippen LogP contribution in [0, 0.1) is 0 Å². The average Bonchev–Trinajstić information content (AvgIpc) is 3.74. The Hall–Kier alpha value is -6.42. The molecule has 0 saturated heterocycles. The highest BCUT2D eigenvalue weighted by Gasteiger charge is 2.57. The summed E-state index contributed by atoms with van der Waals surface area (Å²) in [6.45, 7) is 5.05. The van der Waals surface area contributed by atoms with E-state index in [1.54, 1.807) is 0 Å². The number of hydrogen-bond acceptors (Lipinski definition) is 1. The van der Waals surface area contributed by atoms with Crippen LogP contribution in [0.4, 0.5) is 11.4 Å². The smallest absolute Gasteiger partial charge is 0.179 e. The Bertz CT molecular complexity index is 2950. The fraction of sp³-hybridized carbons (Fsp3) is 0.143. The molecule has 1 aliphatic heterocycles. The minimum atomic E-state index is -2.86. The van der Waals surface area contributed by atoms with Gasteiger partial charge in [-0.2, -0.15) is 0 Å². The van der Waals surface area contributed by atoms with E-state index < -0.39 is 8.07 Å². The lowest BCUT2D eigenvalue weighted by atomic mass is 9.61. The maximum atomic E-state index is 2.71. The zero-order valence-corrected chi connectivity index (χ0v) is 34.9. The maximum Gasteiger partial charge on any atom is 0.179 e. The van der Waals surface area contributed by atoms with Crippen molar-refractivity contribution in [3.05, 3.63) is 212 Å². The lowest BCUT2D eigenvalue weighted by molar-refractivity contribution is 0.195. The molecule has 8 aromatic carbocycles. The standard InChI is InChI=1S/C56H48N2Si/c1-55-36-16-17-37-56(55,2)58(54-33-15-13-31-51(54)55)44-34-35-53-50(40-44)49-30-12-14-32-52(49)57(53)43-23-19-29-48(39-43)59(45-24-8-4-9-25-45,46-26-10-5-11-27-46)47-28-18-22-42(38-47)41-20-6-3-7-21-41/h3-15,18-35,38-40H,16-17,36-37H2,1-2H3. The molecule has 11 rings (SSSR count). The van der Waals surface area contributed by atoms with Gasteiger partial charge in [-0.15, -0.1) is 0 Å². The molecule has 0 N–H and O–H groups in total. The number of para-hydroxylation sites is 2. The van der Waals surface area contributed by atoms with Gasteiger partial charge in [0, 0.05) is 33.2 Å². The van der Waals surface area contributed by atoms with Gasteiger partial charge in [0.25, 0.3) is 0 Å². The summed E-state index contributed by atoms with van der Waals surface area (Å²) in [6, 6.07) is 77.7. The highest BCUT2D eigenvalue weighted by atomic mass is 28.3. The molecule has 2 unspecified atom stereocenters. The predicted octanol–water partition coefficient (Wildman–Crippen LogP) is 11.6. The first kappa shape index (κ1) is 35.7. The highest BCUT2D eigenvalue weighted by molar-refractivity contribution is 7.20. The Morgan fingerprint density at radius 2 is 1.00 bits per heavy atom. The molecule has 0 radical (unpaired) electrons. The first-order valence-corrected chi connectivity index (χ1v) is 23.3. The molecule has 0 spiro atoms. The molecule has 3 heteroatoms. The number of hydrogen-bond donors (Lipinski definition) is 0. The topological polar surface area (TPSA) is 8.17 Å². The van der Waals surface area contributed by atoms with Gasteiger partial charge in [-0.3, -0.25) is 0 Å². The summed E-state index contributed by atoms with van der Waals surface area (Å²) in [5.74, 6) is 0. The molecular formula is C56H48N2Si. The molecule has 1 saturated carbocycles. The van der Waals surface area contributed by atoms with Crippen molar-refractivity contribution >= 4 is 62.0 Å². The van der Waals surface area contributed by atoms with Crippen molar-refractivity contribution < 1.29 is 0 Å². The van der Waals surface area contributed by atoms with Crippen molar-refractivity contribution in [3.63, 3.8) is 0 Å². The van der Waals surface area contributed by atoms with Crippen LogP contribution in [0.1, 0.15) is 45.1 Å². The van der Waals surface area contributed by atoms with Gasteiger partial charge in [0.1, 0.15) is 0 Å². The third-order valence-electron chi connectivity index (χ3n) is 14.3. The molecule has 286 valence electrons. The van der Waals surface area contributed by atoms with Crippen LogP contribution in [0.5, 0.6) is 0 Å². The van der Waals surface area contributed by atoms with Crippen LogP contribution < -0.4 is 25.6 Å². The van der Waals surface area contributed by atoms with E-state index in [1.165, 1.54) is 102 Å². The molecule has 2 atom stereocenters. The summed E-state index contributed by atoms with van der Waals surface area (Å²) in [4.78, 5) is 2.71. The molecule has 59 heavy (non-hydrogen) atoms. The minimum absolute atomic E-state index is 0.00988.